The molecule has 0 bridgehead atoms. The molecule has 96 valence electrons. The Bertz CT molecular complexity index is 308. The van der Waals surface area contributed by atoms with E-state index in [9.17, 15) is 0 Å². The van der Waals surface area contributed by atoms with Crippen LogP contribution in [0.5, 0.6) is 0 Å². The number of nitrogens with zero attached hydrogens (tertiary/aromatic N) is 1. The lowest BCUT2D eigenvalue weighted by atomic mass is 10.1. The molecule has 1 aliphatic rings. The van der Waals surface area contributed by atoms with Crippen LogP contribution in [0.3, 0.4) is 0 Å². The van der Waals surface area contributed by atoms with Gasteiger partial charge in [0.2, 0.25) is 0 Å². The highest BCUT2D eigenvalue weighted by Gasteiger charge is 2.20. The monoisotopic (exact) mass is 234 g/mol. The Kier molecular flexibility index (Phi) is 5.49. The van der Waals surface area contributed by atoms with E-state index >= 15 is 0 Å². The number of hydrogen-bond donors (Lipinski definition) is 1. The molecular weight excluding hydrogens is 208 g/mol. The second-order valence-electron chi connectivity index (χ2n) is 4.71. The van der Waals surface area contributed by atoms with Gasteiger partial charge in [-0.25, -0.2) is 0 Å². The van der Waals surface area contributed by atoms with Crippen molar-refractivity contribution in [1.29, 1.82) is 0 Å². The predicted molar refractivity (Wildman–Crippen MR) is 76.8 cm³/mol. The third-order valence-electron chi connectivity index (χ3n) is 2.96. The fraction of sp³-hybridized carbons (Fsp3) is 0.600. The highest BCUT2D eigenvalue weighted by Crippen LogP contribution is 2.18. The van der Waals surface area contributed by atoms with Gasteiger partial charge in [-0.2, -0.15) is 0 Å². The van der Waals surface area contributed by atoms with Crippen molar-refractivity contribution in [1.82, 2.24) is 5.32 Å². The molecule has 2 atom stereocenters. The molecule has 2 heteroatoms. The van der Waals surface area contributed by atoms with Crippen molar-refractivity contribution < 1.29 is 0 Å². The van der Waals surface area contributed by atoms with Crippen LogP contribution in [0.1, 0.15) is 33.3 Å². The van der Waals surface area contributed by atoms with Crippen molar-refractivity contribution in [3.8, 4) is 0 Å². The smallest absolute Gasteiger partial charge is 0.0367 e. The van der Waals surface area contributed by atoms with Crippen LogP contribution in [0.15, 0.2) is 24.3 Å². The topological polar surface area (TPSA) is 15.3 Å². The normalized spacial score (nSPS) is 23.9. The number of hydrogen-bond acceptors (Lipinski definition) is 2. The zero-order valence-corrected chi connectivity index (χ0v) is 11.8. The van der Waals surface area contributed by atoms with Gasteiger partial charge in [0.05, 0.1) is 0 Å². The molecule has 17 heavy (non-hydrogen) atoms. The van der Waals surface area contributed by atoms with Gasteiger partial charge in [-0.05, 0) is 32.9 Å². The fourth-order valence-electron chi connectivity index (χ4n) is 2.29. The lowest BCUT2D eigenvalue weighted by molar-refractivity contribution is 0.407. The summed E-state index contributed by atoms with van der Waals surface area (Å²) in [7, 11) is 0. The lowest BCUT2D eigenvalue weighted by Gasteiger charge is -2.37. The second-order valence-corrected chi connectivity index (χ2v) is 4.71. The van der Waals surface area contributed by atoms with Gasteiger partial charge in [0.1, 0.15) is 0 Å². The summed E-state index contributed by atoms with van der Waals surface area (Å²) in [6.07, 6.45) is 0. The van der Waals surface area contributed by atoms with E-state index in [2.05, 4.69) is 55.3 Å². The minimum atomic E-state index is 0.579. The van der Waals surface area contributed by atoms with E-state index in [1.807, 2.05) is 13.8 Å². The number of piperazine rings is 1. The summed E-state index contributed by atoms with van der Waals surface area (Å²) in [5.74, 6) is 0. The summed E-state index contributed by atoms with van der Waals surface area (Å²) >= 11 is 0. The summed E-state index contributed by atoms with van der Waals surface area (Å²) in [5, 5.41) is 3.55. The van der Waals surface area contributed by atoms with Gasteiger partial charge in [-0.15, -0.1) is 0 Å². The van der Waals surface area contributed by atoms with E-state index in [1.54, 1.807) is 0 Å². The first kappa shape index (κ1) is 14.0. The zero-order valence-electron chi connectivity index (χ0n) is 11.8. The van der Waals surface area contributed by atoms with Crippen molar-refractivity contribution in [2.75, 3.05) is 18.0 Å². The second kappa shape index (κ2) is 6.65. The van der Waals surface area contributed by atoms with Crippen molar-refractivity contribution >= 4 is 5.69 Å². The standard InChI is InChI=1S/C13H20N2.C2H6/c1-10-4-6-13(7-5-10)15-8-11(2)14-12(3)9-15;1-2/h4-7,11-12,14H,8-9H2,1-3H3;1-2H3. The Morgan fingerprint density at radius 2 is 1.47 bits per heavy atom. The molecular formula is C15H26N2. The van der Waals surface area contributed by atoms with E-state index in [0.29, 0.717) is 12.1 Å². The van der Waals surface area contributed by atoms with Crippen LogP contribution in [0.4, 0.5) is 5.69 Å². The van der Waals surface area contributed by atoms with E-state index in [1.165, 1.54) is 11.3 Å². The van der Waals surface area contributed by atoms with Crippen molar-refractivity contribution in [3.63, 3.8) is 0 Å². The van der Waals surface area contributed by atoms with Crippen LogP contribution in [-0.2, 0) is 0 Å². The van der Waals surface area contributed by atoms with Crippen molar-refractivity contribution in [3.05, 3.63) is 29.8 Å². The minimum Gasteiger partial charge on any atom is -0.368 e. The third-order valence-corrected chi connectivity index (χ3v) is 2.96. The summed E-state index contributed by atoms with van der Waals surface area (Å²) in [6, 6.07) is 9.98. The van der Waals surface area contributed by atoms with E-state index in [-0.39, 0.29) is 0 Å². The molecule has 0 saturated carbocycles. The molecule has 2 nitrogen and oxygen atoms in total. The van der Waals surface area contributed by atoms with E-state index < -0.39 is 0 Å². The van der Waals surface area contributed by atoms with Gasteiger partial charge < -0.3 is 10.2 Å². The molecule has 1 saturated heterocycles. The first-order valence-corrected chi connectivity index (χ1v) is 6.73. The number of rotatable bonds is 1. The maximum absolute atomic E-state index is 3.55. The average Bonchev–Trinajstić information content (AvgIpc) is 2.31. The molecule has 0 radical (unpaired) electrons. The molecule has 1 N–H and O–H groups in total. The Balaban J connectivity index is 0.000000686. The maximum atomic E-state index is 3.55. The Hall–Kier alpha value is -1.02. The largest absolute Gasteiger partial charge is 0.368 e. The molecule has 2 rings (SSSR count). The average molecular weight is 234 g/mol. The minimum absolute atomic E-state index is 0.579. The van der Waals surface area contributed by atoms with Gasteiger partial charge in [-0.3, -0.25) is 0 Å². The quantitative estimate of drug-likeness (QED) is 0.802. The summed E-state index contributed by atoms with van der Waals surface area (Å²) in [4.78, 5) is 2.46. The SMILES string of the molecule is CC.Cc1ccc(N2CC(C)NC(C)C2)cc1. The molecule has 1 aromatic rings. The molecule has 0 spiro atoms. The predicted octanol–water partition coefficient (Wildman–Crippen LogP) is 3.21. The van der Waals surface area contributed by atoms with Crippen molar-refractivity contribution in [2.24, 2.45) is 0 Å². The molecule has 0 aromatic heterocycles. The number of benzene rings is 1. The Morgan fingerprint density at radius 3 is 1.94 bits per heavy atom. The highest BCUT2D eigenvalue weighted by atomic mass is 15.2. The zero-order chi connectivity index (χ0) is 12.8. The molecule has 1 heterocycles. The van der Waals surface area contributed by atoms with Crippen LogP contribution < -0.4 is 10.2 Å². The van der Waals surface area contributed by atoms with Crippen molar-refractivity contribution in [2.45, 2.75) is 46.7 Å². The fourth-order valence-corrected chi connectivity index (χ4v) is 2.29. The lowest BCUT2D eigenvalue weighted by Crippen LogP contribution is -2.54. The van der Waals surface area contributed by atoms with Gasteiger partial charge >= 0.3 is 0 Å². The van der Waals surface area contributed by atoms with Crippen LogP contribution in [0, 0.1) is 6.92 Å². The summed E-state index contributed by atoms with van der Waals surface area (Å²) in [6.45, 7) is 12.8. The van der Waals surface area contributed by atoms with Gasteiger partial charge in [0.15, 0.2) is 0 Å². The van der Waals surface area contributed by atoms with Crippen LogP contribution in [0.25, 0.3) is 0 Å². The van der Waals surface area contributed by atoms with Crippen LogP contribution >= 0.6 is 0 Å². The van der Waals surface area contributed by atoms with Gasteiger partial charge in [0.25, 0.3) is 0 Å². The first-order chi connectivity index (χ1) is 8.15. The molecule has 2 unspecified atom stereocenters. The number of anilines is 1. The van der Waals surface area contributed by atoms with Gasteiger partial charge in [0, 0.05) is 30.9 Å². The molecule has 1 aliphatic heterocycles. The first-order valence-electron chi connectivity index (χ1n) is 6.73. The van der Waals surface area contributed by atoms with E-state index in [4.69, 9.17) is 0 Å². The number of aryl methyl sites for hydroxylation is 1. The molecule has 0 aliphatic carbocycles. The van der Waals surface area contributed by atoms with Gasteiger partial charge in [-0.1, -0.05) is 31.5 Å². The molecule has 1 aromatic carbocycles. The third kappa shape index (κ3) is 4.04. The van der Waals surface area contributed by atoms with Crippen LogP contribution in [0.2, 0.25) is 0 Å². The Morgan fingerprint density at radius 1 is 1.00 bits per heavy atom. The molecule has 1 fully saturated rings. The Labute approximate surface area is 106 Å². The number of nitrogens with one attached hydrogen (secondary N) is 1. The van der Waals surface area contributed by atoms with E-state index in [0.717, 1.165) is 13.1 Å². The maximum Gasteiger partial charge on any atom is 0.0367 e. The van der Waals surface area contributed by atoms with Crippen LogP contribution in [-0.4, -0.2) is 25.2 Å². The summed E-state index contributed by atoms with van der Waals surface area (Å²) < 4.78 is 0. The molecule has 0 amide bonds. The highest BCUT2D eigenvalue weighted by molar-refractivity contribution is 5.48. The summed E-state index contributed by atoms with van der Waals surface area (Å²) in [5.41, 5.74) is 2.68.